The lowest BCUT2D eigenvalue weighted by Crippen LogP contribution is -2.41. The maximum absolute atomic E-state index is 11.6. The zero-order valence-electron chi connectivity index (χ0n) is 10.0. The van der Waals surface area contributed by atoms with Crippen molar-refractivity contribution in [1.82, 2.24) is 10.2 Å². The standard InChI is InChI=1S/C11H21N3O2/c1-3-8(7-12)6-10(15)13-9-4-5-14(2)11(9)16/h8-9H,3-7,12H2,1-2H3,(H,13,15). The number of rotatable bonds is 5. The summed E-state index contributed by atoms with van der Waals surface area (Å²) < 4.78 is 0. The highest BCUT2D eigenvalue weighted by Gasteiger charge is 2.30. The van der Waals surface area contributed by atoms with Crippen LogP contribution in [0, 0.1) is 5.92 Å². The molecule has 1 rings (SSSR count). The molecule has 0 aromatic heterocycles. The zero-order chi connectivity index (χ0) is 12.1. The molecule has 92 valence electrons. The molecule has 16 heavy (non-hydrogen) atoms. The highest BCUT2D eigenvalue weighted by atomic mass is 16.2. The molecule has 0 aromatic carbocycles. The molecular weight excluding hydrogens is 206 g/mol. The number of likely N-dealkylation sites (tertiary alicyclic amines) is 1. The van der Waals surface area contributed by atoms with E-state index in [1.54, 1.807) is 11.9 Å². The second kappa shape index (κ2) is 5.84. The fourth-order valence-electron chi connectivity index (χ4n) is 1.87. The van der Waals surface area contributed by atoms with Crippen LogP contribution in [0.2, 0.25) is 0 Å². The SMILES string of the molecule is CCC(CN)CC(=O)NC1CCN(C)C1=O. The minimum absolute atomic E-state index is 0.00847. The monoisotopic (exact) mass is 227 g/mol. The largest absolute Gasteiger partial charge is 0.344 e. The number of carbonyl (C=O) groups excluding carboxylic acids is 2. The number of nitrogens with two attached hydrogens (primary N) is 1. The maximum atomic E-state index is 11.6. The summed E-state index contributed by atoms with van der Waals surface area (Å²) in [6.45, 7) is 3.25. The highest BCUT2D eigenvalue weighted by Crippen LogP contribution is 2.10. The molecule has 5 nitrogen and oxygen atoms in total. The van der Waals surface area contributed by atoms with Crippen molar-refractivity contribution in [3.8, 4) is 0 Å². The van der Waals surface area contributed by atoms with Crippen LogP contribution in [0.25, 0.3) is 0 Å². The van der Waals surface area contributed by atoms with E-state index in [4.69, 9.17) is 5.73 Å². The number of nitrogens with one attached hydrogen (secondary N) is 1. The Morgan fingerprint density at radius 3 is 2.81 bits per heavy atom. The first-order valence-corrected chi connectivity index (χ1v) is 5.82. The van der Waals surface area contributed by atoms with E-state index in [1.807, 2.05) is 6.92 Å². The Balaban J connectivity index is 2.37. The van der Waals surface area contributed by atoms with E-state index in [1.165, 1.54) is 0 Å². The van der Waals surface area contributed by atoms with Crippen molar-refractivity contribution in [2.75, 3.05) is 20.1 Å². The van der Waals surface area contributed by atoms with E-state index < -0.39 is 0 Å². The second-order valence-electron chi connectivity index (χ2n) is 4.38. The first kappa shape index (κ1) is 13.0. The Morgan fingerprint density at radius 1 is 1.69 bits per heavy atom. The number of carbonyl (C=O) groups is 2. The summed E-state index contributed by atoms with van der Waals surface area (Å²) in [6.07, 6.45) is 2.02. The number of hydrogen-bond acceptors (Lipinski definition) is 3. The summed E-state index contributed by atoms with van der Waals surface area (Å²) in [4.78, 5) is 24.8. The summed E-state index contributed by atoms with van der Waals surface area (Å²) in [5.41, 5.74) is 5.53. The fraction of sp³-hybridized carbons (Fsp3) is 0.818. The Hall–Kier alpha value is -1.10. The average Bonchev–Trinajstić information content (AvgIpc) is 2.58. The number of hydrogen-bond donors (Lipinski definition) is 2. The van der Waals surface area contributed by atoms with Gasteiger partial charge in [-0.2, -0.15) is 0 Å². The molecule has 1 heterocycles. The quantitative estimate of drug-likeness (QED) is 0.677. The van der Waals surface area contributed by atoms with Crippen molar-refractivity contribution in [1.29, 1.82) is 0 Å². The van der Waals surface area contributed by atoms with Gasteiger partial charge in [0.25, 0.3) is 0 Å². The molecule has 1 fully saturated rings. The molecule has 0 spiro atoms. The van der Waals surface area contributed by atoms with Crippen LogP contribution in [-0.4, -0.2) is 42.9 Å². The summed E-state index contributed by atoms with van der Waals surface area (Å²) in [5.74, 6) is 0.161. The van der Waals surface area contributed by atoms with Gasteiger partial charge in [-0.3, -0.25) is 9.59 Å². The van der Waals surface area contributed by atoms with E-state index >= 15 is 0 Å². The molecule has 1 saturated heterocycles. The van der Waals surface area contributed by atoms with Gasteiger partial charge in [0.1, 0.15) is 6.04 Å². The van der Waals surface area contributed by atoms with Crippen molar-refractivity contribution in [2.24, 2.45) is 11.7 Å². The topological polar surface area (TPSA) is 75.4 Å². The molecule has 0 bridgehead atoms. The maximum Gasteiger partial charge on any atom is 0.244 e. The van der Waals surface area contributed by atoms with Crippen LogP contribution in [0.3, 0.4) is 0 Å². The van der Waals surface area contributed by atoms with Crippen molar-refractivity contribution in [2.45, 2.75) is 32.2 Å². The molecule has 2 unspecified atom stereocenters. The van der Waals surface area contributed by atoms with Crippen LogP contribution >= 0.6 is 0 Å². The zero-order valence-corrected chi connectivity index (χ0v) is 10.0. The van der Waals surface area contributed by atoms with Crippen molar-refractivity contribution in [3.63, 3.8) is 0 Å². The van der Waals surface area contributed by atoms with Crippen LogP contribution < -0.4 is 11.1 Å². The van der Waals surface area contributed by atoms with Crippen molar-refractivity contribution in [3.05, 3.63) is 0 Å². The van der Waals surface area contributed by atoms with Crippen molar-refractivity contribution >= 4 is 11.8 Å². The molecule has 0 radical (unpaired) electrons. The molecule has 5 heteroatoms. The third kappa shape index (κ3) is 3.20. The number of amides is 2. The van der Waals surface area contributed by atoms with Crippen LogP contribution in [-0.2, 0) is 9.59 Å². The van der Waals surface area contributed by atoms with Gasteiger partial charge in [-0.1, -0.05) is 13.3 Å². The van der Waals surface area contributed by atoms with E-state index in [-0.39, 0.29) is 23.8 Å². The van der Waals surface area contributed by atoms with Crippen molar-refractivity contribution < 1.29 is 9.59 Å². The van der Waals surface area contributed by atoms with E-state index in [0.29, 0.717) is 19.4 Å². The van der Waals surface area contributed by atoms with Gasteiger partial charge < -0.3 is 16.0 Å². The summed E-state index contributed by atoms with van der Waals surface area (Å²) in [5, 5.41) is 2.77. The lowest BCUT2D eigenvalue weighted by atomic mass is 10.0. The van der Waals surface area contributed by atoms with Crippen LogP contribution in [0.5, 0.6) is 0 Å². The van der Waals surface area contributed by atoms with Gasteiger partial charge in [-0.05, 0) is 18.9 Å². The molecule has 2 amide bonds. The van der Waals surface area contributed by atoms with E-state index in [2.05, 4.69) is 5.32 Å². The third-order valence-electron chi connectivity index (χ3n) is 3.15. The first-order chi connectivity index (χ1) is 7.58. The van der Waals surface area contributed by atoms with Gasteiger partial charge in [-0.15, -0.1) is 0 Å². The predicted octanol–water partition coefficient (Wildman–Crippen LogP) is -0.292. The Labute approximate surface area is 96.4 Å². The minimum Gasteiger partial charge on any atom is -0.344 e. The van der Waals surface area contributed by atoms with Crippen LogP contribution in [0.1, 0.15) is 26.2 Å². The second-order valence-corrected chi connectivity index (χ2v) is 4.38. The van der Waals surface area contributed by atoms with E-state index in [0.717, 1.165) is 13.0 Å². The Kier molecular flexibility index (Phi) is 4.73. The summed E-state index contributed by atoms with van der Waals surface area (Å²) in [6, 6.07) is -0.326. The third-order valence-corrected chi connectivity index (χ3v) is 3.15. The number of likely N-dealkylation sites (N-methyl/N-ethyl adjacent to an activating group) is 1. The predicted molar refractivity (Wildman–Crippen MR) is 61.6 cm³/mol. The van der Waals surface area contributed by atoms with Gasteiger partial charge in [0, 0.05) is 20.0 Å². The van der Waals surface area contributed by atoms with Gasteiger partial charge in [-0.25, -0.2) is 0 Å². The highest BCUT2D eigenvalue weighted by molar-refractivity contribution is 5.89. The Morgan fingerprint density at radius 2 is 2.38 bits per heavy atom. The smallest absolute Gasteiger partial charge is 0.244 e. The fourth-order valence-corrected chi connectivity index (χ4v) is 1.87. The van der Waals surface area contributed by atoms with Gasteiger partial charge in [0.2, 0.25) is 11.8 Å². The number of nitrogens with zero attached hydrogens (tertiary/aromatic N) is 1. The van der Waals surface area contributed by atoms with Gasteiger partial charge in [0.05, 0.1) is 0 Å². The summed E-state index contributed by atoms with van der Waals surface area (Å²) in [7, 11) is 1.75. The first-order valence-electron chi connectivity index (χ1n) is 5.82. The summed E-state index contributed by atoms with van der Waals surface area (Å²) >= 11 is 0. The molecule has 0 aliphatic carbocycles. The molecule has 3 N–H and O–H groups in total. The Bertz CT molecular complexity index is 264. The average molecular weight is 227 g/mol. The van der Waals surface area contributed by atoms with Crippen LogP contribution in [0.15, 0.2) is 0 Å². The lowest BCUT2D eigenvalue weighted by Gasteiger charge is -2.15. The molecule has 0 saturated carbocycles. The molecule has 1 aliphatic rings. The van der Waals surface area contributed by atoms with Gasteiger partial charge >= 0.3 is 0 Å². The molecule has 0 aromatic rings. The molecule has 2 atom stereocenters. The molecule has 1 aliphatic heterocycles. The van der Waals surface area contributed by atoms with E-state index in [9.17, 15) is 9.59 Å². The van der Waals surface area contributed by atoms with Gasteiger partial charge in [0.15, 0.2) is 0 Å². The van der Waals surface area contributed by atoms with Crippen LogP contribution in [0.4, 0.5) is 0 Å². The normalized spacial score (nSPS) is 22.3. The lowest BCUT2D eigenvalue weighted by molar-refractivity contribution is -0.132. The molecular formula is C11H21N3O2. The minimum atomic E-state index is -0.326.